The van der Waals surface area contributed by atoms with Gasteiger partial charge < -0.3 is 5.73 Å². The van der Waals surface area contributed by atoms with Gasteiger partial charge in [0, 0.05) is 12.1 Å². The number of benzene rings is 1. The number of rotatable bonds is 3. The highest BCUT2D eigenvalue weighted by atomic mass is 16.6. The normalized spacial score (nSPS) is 10.9. The van der Waals surface area contributed by atoms with Gasteiger partial charge in [0.25, 0.3) is 5.69 Å². The molecule has 1 aromatic carbocycles. The van der Waals surface area contributed by atoms with Crippen molar-refractivity contribution in [2.45, 2.75) is 6.92 Å². The van der Waals surface area contributed by atoms with Gasteiger partial charge in [0.05, 0.1) is 16.3 Å². The van der Waals surface area contributed by atoms with E-state index in [4.69, 9.17) is 5.73 Å². The summed E-state index contributed by atoms with van der Waals surface area (Å²) >= 11 is 0. The molecule has 0 unspecified atom stereocenters. The van der Waals surface area contributed by atoms with Gasteiger partial charge in [-0.05, 0) is 13.0 Å². The van der Waals surface area contributed by atoms with Crippen molar-refractivity contribution in [3.05, 3.63) is 40.1 Å². The molecule has 92 valence electrons. The molecule has 0 radical (unpaired) electrons. The van der Waals surface area contributed by atoms with Crippen LogP contribution in [0.3, 0.4) is 0 Å². The molecule has 0 amide bonds. The molecule has 2 aromatic rings. The highest BCUT2D eigenvalue weighted by Gasteiger charge is 2.07. The fourth-order valence-electron chi connectivity index (χ4n) is 1.34. The van der Waals surface area contributed by atoms with E-state index in [9.17, 15) is 10.1 Å². The first-order valence-electron chi connectivity index (χ1n) is 5.04. The summed E-state index contributed by atoms with van der Waals surface area (Å²) in [6, 6.07) is 5.87. The number of non-ortho nitro benzene ring substituents is 1. The summed E-state index contributed by atoms with van der Waals surface area (Å²) in [7, 11) is 0. The molecule has 0 fully saturated rings. The monoisotopic (exact) mass is 246 g/mol. The third-order valence-electron chi connectivity index (χ3n) is 2.25. The maximum atomic E-state index is 10.6. The lowest BCUT2D eigenvalue weighted by molar-refractivity contribution is -0.384. The van der Waals surface area contributed by atoms with Gasteiger partial charge >= 0.3 is 0 Å². The molecule has 3 N–H and O–H groups in total. The van der Waals surface area contributed by atoms with Crippen molar-refractivity contribution < 1.29 is 4.92 Å². The van der Waals surface area contributed by atoms with Gasteiger partial charge in [-0.3, -0.25) is 15.2 Å². The van der Waals surface area contributed by atoms with Crippen LogP contribution >= 0.6 is 0 Å². The predicted octanol–water partition coefficient (Wildman–Crippen LogP) is 2.62. The average Bonchev–Trinajstić information content (AvgIpc) is 2.67. The standard InChI is InChI=1S/C10H10N6O2/c1-6-9(10(11)15-12-6)14-13-7-3-2-4-8(5-7)16(17)18/h2-5H,1H3,(H3,11,12,15). The number of anilines is 1. The van der Waals surface area contributed by atoms with Crippen LogP contribution in [0.5, 0.6) is 0 Å². The van der Waals surface area contributed by atoms with E-state index >= 15 is 0 Å². The van der Waals surface area contributed by atoms with Gasteiger partial charge in [0.2, 0.25) is 0 Å². The first-order valence-corrected chi connectivity index (χ1v) is 5.04. The van der Waals surface area contributed by atoms with Gasteiger partial charge in [-0.25, -0.2) is 0 Å². The van der Waals surface area contributed by atoms with Crippen LogP contribution in [0.4, 0.5) is 22.9 Å². The van der Waals surface area contributed by atoms with E-state index in [1.165, 1.54) is 18.2 Å². The fraction of sp³-hybridized carbons (Fsp3) is 0.100. The van der Waals surface area contributed by atoms with Crippen LogP contribution < -0.4 is 5.73 Å². The fourth-order valence-corrected chi connectivity index (χ4v) is 1.34. The molecule has 18 heavy (non-hydrogen) atoms. The van der Waals surface area contributed by atoms with Gasteiger partial charge in [-0.1, -0.05) is 6.07 Å². The molecule has 0 saturated carbocycles. The van der Waals surface area contributed by atoms with E-state index in [-0.39, 0.29) is 11.5 Å². The molecule has 8 nitrogen and oxygen atoms in total. The number of nitrogens with one attached hydrogen (secondary N) is 1. The molecule has 1 aromatic heterocycles. The molecule has 0 bridgehead atoms. The van der Waals surface area contributed by atoms with Crippen LogP contribution in [0.25, 0.3) is 0 Å². The lowest BCUT2D eigenvalue weighted by Crippen LogP contribution is -1.85. The molecule has 1 heterocycles. The number of nitro benzene ring substituents is 1. The van der Waals surface area contributed by atoms with Crippen molar-refractivity contribution in [3.8, 4) is 0 Å². The van der Waals surface area contributed by atoms with E-state index in [1.54, 1.807) is 13.0 Å². The number of aromatic amines is 1. The minimum atomic E-state index is -0.490. The summed E-state index contributed by atoms with van der Waals surface area (Å²) in [5.74, 6) is 0.238. The van der Waals surface area contributed by atoms with Crippen molar-refractivity contribution in [2.75, 3.05) is 5.73 Å². The van der Waals surface area contributed by atoms with Crippen molar-refractivity contribution in [3.63, 3.8) is 0 Å². The number of hydrogen-bond acceptors (Lipinski definition) is 6. The van der Waals surface area contributed by atoms with E-state index < -0.39 is 4.92 Å². The highest BCUT2D eigenvalue weighted by molar-refractivity contribution is 5.60. The van der Waals surface area contributed by atoms with Crippen molar-refractivity contribution >= 4 is 22.9 Å². The summed E-state index contributed by atoms with van der Waals surface area (Å²) in [6.45, 7) is 1.76. The molecule has 0 saturated heterocycles. The first kappa shape index (κ1) is 11.7. The zero-order valence-electron chi connectivity index (χ0n) is 9.49. The maximum absolute atomic E-state index is 10.6. The van der Waals surface area contributed by atoms with Crippen LogP contribution in [0.2, 0.25) is 0 Å². The topological polar surface area (TPSA) is 123 Å². The van der Waals surface area contributed by atoms with Gasteiger partial charge in [0.1, 0.15) is 5.69 Å². The Morgan fingerprint density at radius 2 is 2.22 bits per heavy atom. The van der Waals surface area contributed by atoms with Crippen LogP contribution in [0, 0.1) is 17.0 Å². The van der Waals surface area contributed by atoms with Crippen LogP contribution in [0.1, 0.15) is 5.69 Å². The number of nitro groups is 1. The minimum Gasteiger partial charge on any atom is -0.380 e. The number of azo groups is 1. The van der Waals surface area contributed by atoms with Crippen molar-refractivity contribution in [1.29, 1.82) is 0 Å². The number of hydrogen-bond donors (Lipinski definition) is 2. The Morgan fingerprint density at radius 3 is 2.83 bits per heavy atom. The van der Waals surface area contributed by atoms with E-state index in [0.717, 1.165) is 0 Å². The number of nitrogens with zero attached hydrogens (tertiary/aromatic N) is 4. The van der Waals surface area contributed by atoms with Gasteiger partial charge in [-0.15, -0.1) is 5.11 Å². The minimum absolute atomic E-state index is 0.0386. The lowest BCUT2D eigenvalue weighted by atomic mass is 10.3. The quantitative estimate of drug-likeness (QED) is 0.490. The number of H-pyrrole nitrogens is 1. The first-order chi connectivity index (χ1) is 8.58. The number of nitrogens with two attached hydrogens (primary N) is 1. The summed E-state index contributed by atoms with van der Waals surface area (Å²) < 4.78 is 0. The van der Waals surface area contributed by atoms with Crippen LogP contribution in [-0.4, -0.2) is 15.1 Å². The second kappa shape index (κ2) is 4.62. The third-order valence-corrected chi connectivity index (χ3v) is 2.25. The molecule has 8 heteroatoms. The molecule has 0 aliphatic heterocycles. The Morgan fingerprint density at radius 1 is 1.44 bits per heavy atom. The summed E-state index contributed by atoms with van der Waals surface area (Å²) in [6.07, 6.45) is 0. The van der Waals surface area contributed by atoms with E-state index in [0.29, 0.717) is 17.1 Å². The molecule has 0 aliphatic rings. The summed E-state index contributed by atoms with van der Waals surface area (Å²) in [5, 5.41) is 24.8. The molecule has 0 aliphatic carbocycles. The molecule has 0 atom stereocenters. The zero-order chi connectivity index (χ0) is 13.1. The van der Waals surface area contributed by atoms with Crippen molar-refractivity contribution in [1.82, 2.24) is 10.2 Å². The smallest absolute Gasteiger partial charge is 0.271 e. The molecular weight excluding hydrogens is 236 g/mol. The molecular formula is C10H10N6O2. The van der Waals surface area contributed by atoms with Gasteiger partial charge in [-0.2, -0.15) is 10.2 Å². The molecule has 2 rings (SSSR count). The number of nitrogen functional groups attached to an aromatic ring is 1. The Hall–Kier alpha value is -2.77. The Labute approximate surface area is 102 Å². The lowest BCUT2D eigenvalue weighted by Gasteiger charge is -1.94. The largest absolute Gasteiger partial charge is 0.380 e. The second-order valence-electron chi connectivity index (χ2n) is 3.56. The number of aromatic nitrogens is 2. The SMILES string of the molecule is Cc1[nH]nc(N)c1N=Nc1cccc([N+](=O)[O-])c1. The maximum Gasteiger partial charge on any atom is 0.271 e. The molecule has 0 spiro atoms. The van der Waals surface area contributed by atoms with E-state index in [2.05, 4.69) is 20.4 Å². The Kier molecular flexibility index (Phi) is 3.00. The summed E-state index contributed by atoms with van der Waals surface area (Å²) in [5.41, 5.74) is 7.03. The van der Waals surface area contributed by atoms with Crippen LogP contribution in [-0.2, 0) is 0 Å². The average molecular weight is 246 g/mol. The third kappa shape index (κ3) is 2.32. The second-order valence-corrected chi connectivity index (χ2v) is 3.56. The van der Waals surface area contributed by atoms with E-state index in [1.807, 2.05) is 0 Å². The Balaban J connectivity index is 2.29. The predicted molar refractivity (Wildman–Crippen MR) is 65.0 cm³/mol. The van der Waals surface area contributed by atoms with Crippen LogP contribution in [0.15, 0.2) is 34.5 Å². The zero-order valence-corrected chi connectivity index (χ0v) is 9.49. The highest BCUT2D eigenvalue weighted by Crippen LogP contribution is 2.27. The number of aryl methyl sites for hydroxylation is 1. The summed E-state index contributed by atoms with van der Waals surface area (Å²) in [4.78, 5) is 10.1. The Bertz CT molecular complexity index is 599. The van der Waals surface area contributed by atoms with Gasteiger partial charge in [0.15, 0.2) is 5.82 Å². The van der Waals surface area contributed by atoms with Crippen molar-refractivity contribution in [2.24, 2.45) is 10.2 Å².